The topological polar surface area (TPSA) is 30.5 Å². The Morgan fingerprint density at radius 3 is 2.47 bits per heavy atom. The number of benzene rings is 1. The van der Waals surface area contributed by atoms with Crippen molar-refractivity contribution in [2.24, 2.45) is 0 Å². The largest absolute Gasteiger partial charge is 0.379 e. The van der Waals surface area contributed by atoms with Crippen LogP contribution < -0.4 is 5.32 Å². The lowest BCUT2D eigenvalue weighted by Gasteiger charge is -2.49. The van der Waals surface area contributed by atoms with Gasteiger partial charge in [-0.25, -0.2) is 0 Å². The van der Waals surface area contributed by atoms with Crippen molar-refractivity contribution in [3.63, 3.8) is 0 Å². The Morgan fingerprint density at radius 2 is 1.94 bits per heavy atom. The van der Waals surface area contributed by atoms with E-state index in [0.29, 0.717) is 6.04 Å². The van der Waals surface area contributed by atoms with Crippen molar-refractivity contribution in [3.8, 4) is 0 Å². The molecule has 0 amide bonds. The Labute approximate surface area is 110 Å². The number of morpholine rings is 1. The molecule has 17 heavy (non-hydrogen) atoms. The Balaban J connectivity index is 1.87. The van der Waals surface area contributed by atoms with Gasteiger partial charge in [-0.15, -0.1) is 0 Å². The molecule has 2 heterocycles. The first kappa shape index (κ1) is 11.7. The molecule has 2 saturated heterocycles. The number of hydrogen-bond acceptors (Lipinski definition) is 3. The standard InChI is InChI=1S/C13H16BrNO2/c14-11-3-1-10(2-4-11)13(8-17-9-13)12-7-16-6-5-15-12/h1-4,12,15H,5-9H2. The Kier molecular flexibility index (Phi) is 3.21. The van der Waals surface area contributed by atoms with Gasteiger partial charge < -0.3 is 14.8 Å². The highest BCUT2D eigenvalue weighted by molar-refractivity contribution is 9.10. The van der Waals surface area contributed by atoms with Crippen LogP contribution in [0.5, 0.6) is 0 Å². The molecule has 4 heteroatoms. The van der Waals surface area contributed by atoms with Crippen LogP contribution in [0, 0.1) is 0 Å². The number of nitrogens with one attached hydrogen (secondary N) is 1. The van der Waals surface area contributed by atoms with Crippen LogP contribution in [-0.2, 0) is 14.9 Å². The number of ether oxygens (including phenoxy) is 2. The van der Waals surface area contributed by atoms with Gasteiger partial charge in [0.1, 0.15) is 0 Å². The van der Waals surface area contributed by atoms with Gasteiger partial charge in [0.05, 0.1) is 31.8 Å². The molecule has 2 aliphatic rings. The number of halogens is 1. The molecule has 1 aromatic rings. The fourth-order valence-corrected chi connectivity index (χ4v) is 2.86. The summed E-state index contributed by atoms with van der Waals surface area (Å²) in [5.74, 6) is 0. The molecule has 3 rings (SSSR count). The second kappa shape index (κ2) is 4.69. The summed E-state index contributed by atoms with van der Waals surface area (Å²) in [7, 11) is 0. The van der Waals surface area contributed by atoms with Crippen LogP contribution in [-0.4, -0.2) is 39.0 Å². The van der Waals surface area contributed by atoms with Crippen molar-refractivity contribution in [2.45, 2.75) is 11.5 Å². The van der Waals surface area contributed by atoms with E-state index in [9.17, 15) is 0 Å². The van der Waals surface area contributed by atoms with E-state index in [0.717, 1.165) is 37.4 Å². The highest BCUT2D eigenvalue weighted by atomic mass is 79.9. The fourth-order valence-electron chi connectivity index (χ4n) is 2.59. The lowest BCUT2D eigenvalue weighted by molar-refractivity contribution is -0.101. The lowest BCUT2D eigenvalue weighted by atomic mass is 9.72. The summed E-state index contributed by atoms with van der Waals surface area (Å²) in [5.41, 5.74) is 1.44. The summed E-state index contributed by atoms with van der Waals surface area (Å²) in [6, 6.07) is 8.93. The quantitative estimate of drug-likeness (QED) is 0.901. The molecule has 3 nitrogen and oxygen atoms in total. The van der Waals surface area contributed by atoms with Gasteiger partial charge in [-0.3, -0.25) is 0 Å². The summed E-state index contributed by atoms with van der Waals surface area (Å²) < 4.78 is 12.2. The van der Waals surface area contributed by atoms with E-state index >= 15 is 0 Å². The number of hydrogen-bond donors (Lipinski definition) is 1. The van der Waals surface area contributed by atoms with Gasteiger partial charge >= 0.3 is 0 Å². The molecule has 0 radical (unpaired) electrons. The predicted octanol–water partition coefficient (Wildman–Crippen LogP) is 1.71. The summed E-state index contributed by atoms with van der Waals surface area (Å²) >= 11 is 3.48. The first-order valence-electron chi connectivity index (χ1n) is 5.96. The van der Waals surface area contributed by atoms with E-state index in [-0.39, 0.29) is 5.41 Å². The van der Waals surface area contributed by atoms with E-state index < -0.39 is 0 Å². The monoisotopic (exact) mass is 297 g/mol. The van der Waals surface area contributed by atoms with Gasteiger partial charge in [-0.05, 0) is 17.7 Å². The maximum atomic E-state index is 5.58. The van der Waals surface area contributed by atoms with Crippen molar-refractivity contribution in [2.75, 3.05) is 33.0 Å². The molecule has 2 fully saturated rings. The van der Waals surface area contributed by atoms with Crippen molar-refractivity contribution in [3.05, 3.63) is 34.3 Å². The minimum absolute atomic E-state index is 0.0983. The van der Waals surface area contributed by atoms with Crippen molar-refractivity contribution < 1.29 is 9.47 Å². The van der Waals surface area contributed by atoms with Crippen LogP contribution in [0.25, 0.3) is 0 Å². The number of rotatable bonds is 2. The van der Waals surface area contributed by atoms with Crippen LogP contribution in [0.15, 0.2) is 28.7 Å². The highest BCUT2D eigenvalue weighted by Crippen LogP contribution is 2.37. The molecular weight excluding hydrogens is 282 g/mol. The zero-order valence-electron chi connectivity index (χ0n) is 9.62. The smallest absolute Gasteiger partial charge is 0.0630 e. The minimum Gasteiger partial charge on any atom is -0.379 e. The van der Waals surface area contributed by atoms with Gasteiger partial charge in [0, 0.05) is 17.1 Å². The van der Waals surface area contributed by atoms with E-state index in [1.807, 2.05) is 0 Å². The molecule has 2 aliphatic heterocycles. The predicted molar refractivity (Wildman–Crippen MR) is 69.2 cm³/mol. The average Bonchev–Trinajstić information content (AvgIpc) is 2.32. The molecule has 1 atom stereocenters. The highest BCUT2D eigenvalue weighted by Gasteiger charge is 2.47. The lowest BCUT2D eigenvalue weighted by Crippen LogP contribution is -2.63. The second-order valence-electron chi connectivity index (χ2n) is 4.74. The normalized spacial score (nSPS) is 27.5. The van der Waals surface area contributed by atoms with Gasteiger partial charge in [-0.1, -0.05) is 28.1 Å². The Bertz CT molecular complexity index is 383. The molecule has 1 N–H and O–H groups in total. The maximum Gasteiger partial charge on any atom is 0.0630 e. The molecule has 0 aliphatic carbocycles. The molecule has 0 bridgehead atoms. The summed E-state index contributed by atoms with van der Waals surface area (Å²) in [4.78, 5) is 0. The van der Waals surface area contributed by atoms with E-state index in [2.05, 4.69) is 45.5 Å². The maximum absolute atomic E-state index is 5.58. The van der Waals surface area contributed by atoms with Crippen LogP contribution in [0.1, 0.15) is 5.56 Å². The van der Waals surface area contributed by atoms with Crippen molar-refractivity contribution in [1.29, 1.82) is 0 Å². The third-order valence-corrected chi connectivity index (χ3v) is 4.26. The third kappa shape index (κ3) is 2.03. The summed E-state index contributed by atoms with van der Waals surface area (Å²) in [6.07, 6.45) is 0. The van der Waals surface area contributed by atoms with Crippen molar-refractivity contribution >= 4 is 15.9 Å². The SMILES string of the molecule is Brc1ccc(C2(C3COCCN3)COC2)cc1. The van der Waals surface area contributed by atoms with E-state index in [1.165, 1.54) is 5.56 Å². The zero-order chi connectivity index (χ0) is 11.7. The summed E-state index contributed by atoms with van der Waals surface area (Å²) in [5, 5.41) is 3.56. The molecule has 1 unspecified atom stereocenters. The van der Waals surface area contributed by atoms with Crippen LogP contribution in [0.3, 0.4) is 0 Å². The fraction of sp³-hybridized carbons (Fsp3) is 0.538. The molecule has 1 aromatic carbocycles. The average molecular weight is 298 g/mol. The third-order valence-electron chi connectivity index (χ3n) is 3.73. The van der Waals surface area contributed by atoms with Crippen LogP contribution in [0.4, 0.5) is 0 Å². The van der Waals surface area contributed by atoms with Crippen LogP contribution >= 0.6 is 15.9 Å². The van der Waals surface area contributed by atoms with Gasteiger partial charge in [-0.2, -0.15) is 0 Å². The summed E-state index contributed by atoms with van der Waals surface area (Å²) in [6.45, 7) is 4.10. The molecule has 0 spiro atoms. The molecular formula is C13H16BrNO2. The van der Waals surface area contributed by atoms with E-state index in [1.54, 1.807) is 0 Å². The van der Waals surface area contributed by atoms with Gasteiger partial charge in [0.2, 0.25) is 0 Å². The minimum atomic E-state index is 0.0983. The zero-order valence-corrected chi connectivity index (χ0v) is 11.2. The Hall–Kier alpha value is -0.420. The first-order chi connectivity index (χ1) is 8.31. The first-order valence-corrected chi connectivity index (χ1v) is 6.75. The molecule has 0 saturated carbocycles. The van der Waals surface area contributed by atoms with Crippen molar-refractivity contribution in [1.82, 2.24) is 5.32 Å². The molecule has 0 aromatic heterocycles. The second-order valence-corrected chi connectivity index (χ2v) is 5.65. The van der Waals surface area contributed by atoms with Crippen LogP contribution in [0.2, 0.25) is 0 Å². The van der Waals surface area contributed by atoms with Gasteiger partial charge in [0.25, 0.3) is 0 Å². The Morgan fingerprint density at radius 1 is 1.18 bits per heavy atom. The van der Waals surface area contributed by atoms with E-state index in [4.69, 9.17) is 9.47 Å². The molecule has 92 valence electrons. The van der Waals surface area contributed by atoms with Gasteiger partial charge in [0.15, 0.2) is 0 Å².